The Hall–Kier alpha value is -0.970. The average Bonchev–Trinajstić information content (AvgIpc) is 2.88. The van der Waals surface area contributed by atoms with Crippen LogP contribution in [0.4, 0.5) is 4.79 Å². The van der Waals surface area contributed by atoms with E-state index in [4.69, 9.17) is 27.9 Å². The lowest BCUT2D eigenvalue weighted by molar-refractivity contribution is 0.0967. The Labute approximate surface area is 140 Å². The van der Waals surface area contributed by atoms with Gasteiger partial charge in [0.25, 0.3) is 0 Å². The maximum atomic E-state index is 12.2. The van der Waals surface area contributed by atoms with E-state index in [9.17, 15) is 4.79 Å². The standard InChI is InChI=1S/C16H20Cl2N2O2/c17-13-7-12(8-14(18)9-13)10-22-15(21)20-6-3-16(11-20)1-4-19-5-2-16/h7-9,19H,1-6,10-11H2. The SMILES string of the molecule is O=C(OCc1cc(Cl)cc(Cl)c1)N1CCC2(CCNCC2)C1. The van der Waals surface area contributed by atoms with Gasteiger partial charge in [-0.15, -0.1) is 0 Å². The predicted octanol–water partition coefficient (Wildman–Crippen LogP) is 3.71. The fourth-order valence-electron chi connectivity index (χ4n) is 3.39. The highest BCUT2D eigenvalue weighted by atomic mass is 35.5. The topological polar surface area (TPSA) is 41.6 Å². The molecule has 6 heteroatoms. The molecular weight excluding hydrogens is 323 g/mol. The van der Waals surface area contributed by atoms with Crippen LogP contribution in [-0.4, -0.2) is 37.2 Å². The van der Waals surface area contributed by atoms with E-state index in [0.717, 1.165) is 51.0 Å². The Balaban J connectivity index is 1.54. The third kappa shape index (κ3) is 3.67. The fraction of sp³-hybridized carbons (Fsp3) is 0.562. The summed E-state index contributed by atoms with van der Waals surface area (Å²) in [5.41, 5.74) is 1.10. The number of nitrogens with zero attached hydrogens (tertiary/aromatic N) is 1. The second kappa shape index (κ2) is 6.65. The first-order chi connectivity index (χ1) is 10.6. The molecule has 1 spiro atoms. The molecule has 2 aliphatic heterocycles. The van der Waals surface area contributed by atoms with Crippen molar-refractivity contribution in [1.82, 2.24) is 10.2 Å². The summed E-state index contributed by atoms with van der Waals surface area (Å²) in [7, 11) is 0. The van der Waals surface area contributed by atoms with Crippen molar-refractivity contribution >= 4 is 29.3 Å². The van der Waals surface area contributed by atoms with E-state index in [1.54, 1.807) is 18.2 Å². The summed E-state index contributed by atoms with van der Waals surface area (Å²) in [4.78, 5) is 14.1. The van der Waals surface area contributed by atoms with E-state index in [1.165, 1.54) is 0 Å². The van der Waals surface area contributed by atoms with Crippen molar-refractivity contribution < 1.29 is 9.53 Å². The number of hydrogen-bond acceptors (Lipinski definition) is 3. The molecule has 3 rings (SSSR count). The van der Waals surface area contributed by atoms with Gasteiger partial charge in [0.2, 0.25) is 0 Å². The van der Waals surface area contributed by atoms with Crippen LogP contribution in [0.25, 0.3) is 0 Å². The summed E-state index contributed by atoms with van der Waals surface area (Å²) in [5, 5.41) is 4.48. The van der Waals surface area contributed by atoms with Crippen LogP contribution in [0.15, 0.2) is 18.2 Å². The molecule has 0 unspecified atom stereocenters. The minimum Gasteiger partial charge on any atom is -0.445 e. The Morgan fingerprint density at radius 3 is 2.55 bits per heavy atom. The van der Waals surface area contributed by atoms with Gasteiger partial charge in [-0.05, 0) is 61.5 Å². The van der Waals surface area contributed by atoms with E-state index in [2.05, 4.69) is 5.32 Å². The number of nitrogens with one attached hydrogen (secondary N) is 1. The van der Waals surface area contributed by atoms with Crippen LogP contribution in [0, 0.1) is 5.41 Å². The third-order valence-corrected chi connectivity index (χ3v) is 5.08. The van der Waals surface area contributed by atoms with Gasteiger partial charge in [-0.1, -0.05) is 23.2 Å². The number of benzene rings is 1. The molecule has 0 aromatic heterocycles. The Kier molecular flexibility index (Phi) is 4.81. The summed E-state index contributed by atoms with van der Waals surface area (Å²) < 4.78 is 5.41. The molecule has 4 nitrogen and oxygen atoms in total. The number of amides is 1. The normalized spacial score (nSPS) is 20.4. The van der Waals surface area contributed by atoms with Crippen LogP contribution >= 0.6 is 23.2 Å². The van der Waals surface area contributed by atoms with Gasteiger partial charge in [0.15, 0.2) is 0 Å². The van der Waals surface area contributed by atoms with E-state index < -0.39 is 0 Å². The van der Waals surface area contributed by atoms with Gasteiger partial charge in [-0.25, -0.2) is 4.79 Å². The molecule has 1 N–H and O–H groups in total. The summed E-state index contributed by atoms with van der Waals surface area (Å²) >= 11 is 11.9. The molecule has 0 radical (unpaired) electrons. The van der Waals surface area contributed by atoms with Gasteiger partial charge in [0, 0.05) is 23.1 Å². The molecule has 120 valence electrons. The average molecular weight is 343 g/mol. The molecule has 1 aromatic rings. The second-order valence-corrected chi connectivity index (χ2v) is 7.13. The Morgan fingerprint density at radius 2 is 1.86 bits per heavy atom. The minimum absolute atomic E-state index is 0.199. The van der Waals surface area contributed by atoms with Crippen molar-refractivity contribution in [2.45, 2.75) is 25.9 Å². The highest BCUT2D eigenvalue weighted by molar-refractivity contribution is 6.34. The number of carbonyl (C=O) groups is 1. The second-order valence-electron chi connectivity index (χ2n) is 6.25. The molecule has 1 aromatic carbocycles. The van der Waals surface area contributed by atoms with E-state index in [-0.39, 0.29) is 12.7 Å². The number of halogens is 2. The van der Waals surface area contributed by atoms with Crippen LogP contribution < -0.4 is 5.32 Å². The molecule has 2 saturated heterocycles. The highest BCUT2D eigenvalue weighted by Crippen LogP contribution is 2.38. The number of rotatable bonds is 2. The molecule has 0 bridgehead atoms. The first-order valence-electron chi connectivity index (χ1n) is 7.64. The van der Waals surface area contributed by atoms with Crippen molar-refractivity contribution in [1.29, 1.82) is 0 Å². The zero-order valence-electron chi connectivity index (χ0n) is 12.4. The van der Waals surface area contributed by atoms with Crippen LogP contribution in [0.5, 0.6) is 0 Å². The zero-order valence-corrected chi connectivity index (χ0v) is 13.9. The smallest absolute Gasteiger partial charge is 0.410 e. The highest BCUT2D eigenvalue weighted by Gasteiger charge is 2.40. The maximum Gasteiger partial charge on any atom is 0.410 e. The van der Waals surface area contributed by atoms with Gasteiger partial charge < -0.3 is 15.0 Å². The van der Waals surface area contributed by atoms with E-state index in [1.807, 2.05) is 4.90 Å². The van der Waals surface area contributed by atoms with Crippen molar-refractivity contribution in [2.24, 2.45) is 5.41 Å². The lowest BCUT2D eigenvalue weighted by Gasteiger charge is -2.33. The molecule has 0 saturated carbocycles. The zero-order chi connectivity index (χ0) is 15.6. The molecule has 0 aliphatic carbocycles. The molecule has 1 amide bonds. The van der Waals surface area contributed by atoms with Crippen molar-refractivity contribution in [3.63, 3.8) is 0 Å². The molecule has 0 atom stereocenters. The molecule has 2 fully saturated rings. The number of ether oxygens (including phenoxy) is 1. The summed E-state index contributed by atoms with van der Waals surface area (Å²) in [5.74, 6) is 0. The third-order valence-electron chi connectivity index (χ3n) is 4.65. The monoisotopic (exact) mass is 342 g/mol. The summed E-state index contributed by atoms with van der Waals surface area (Å²) in [6.45, 7) is 3.89. The first-order valence-corrected chi connectivity index (χ1v) is 8.39. The van der Waals surface area contributed by atoms with E-state index >= 15 is 0 Å². The molecule has 2 aliphatic rings. The fourth-order valence-corrected chi connectivity index (χ4v) is 3.96. The summed E-state index contributed by atoms with van der Waals surface area (Å²) in [6, 6.07) is 5.19. The van der Waals surface area contributed by atoms with Gasteiger partial charge in [0.05, 0.1) is 0 Å². The lowest BCUT2D eigenvalue weighted by Crippen LogP contribution is -2.39. The van der Waals surface area contributed by atoms with Crippen LogP contribution in [-0.2, 0) is 11.3 Å². The van der Waals surface area contributed by atoms with Crippen LogP contribution in [0.2, 0.25) is 10.0 Å². The predicted molar refractivity (Wildman–Crippen MR) is 87.4 cm³/mol. The molecule has 2 heterocycles. The number of hydrogen-bond donors (Lipinski definition) is 1. The van der Waals surface area contributed by atoms with Crippen molar-refractivity contribution in [3.8, 4) is 0 Å². The lowest BCUT2D eigenvalue weighted by atomic mass is 9.78. The Bertz CT molecular complexity index is 539. The van der Waals surface area contributed by atoms with Crippen molar-refractivity contribution in [3.05, 3.63) is 33.8 Å². The Morgan fingerprint density at radius 1 is 1.18 bits per heavy atom. The summed E-state index contributed by atoms with van der Waals surface area (Å²) in [6.07, 6.45) is 3.11. The minimum atomic E-state index is -0.244. The van der Waals surface area contributed by atoms with Gasteiger partial charge >= 0.3 is 6.09 Å². The number of carbonyl (C=O) groups excluding carboxylic acids is 1. The van der Waals surface area contributed by atoms with Gasteiger partial charge in [0.1, 0.15) is 6.61 Å². The van der Waals surface area contributed by atoms with Gasteiger partial charge in [-0.2, -0.15) is 0 Å². The quantitative estimate of drug-likeness (QED) is 0.890. The van der Waals surface area contributed by atoms with E-state index in [0.29, 0.717) is 15.5 Å². The molecular formula is C16H20Cl2N2O2. The van der Waals surface area contributed by atoms with Crippen LogP contribution in [0.1, 0.15) is 24.8 Å². The number of piperidine rings is 1. The maximum absolute atomic E-state index is 12.2. The number of likely N-dealkylation sites (tertiary alicyclic amines) is 1. The first kappa shape index (κ1) is 15.9. The largest absolute Gasteiger partial charge is 0.445 e. The van der Waals surface area contributed by atoms with Crippen molar-refractivity contribution in [2.75, 3.05) is 26.2 Å². The molecule has 22 heavy (non-hydrogen) atoms. The van der Waals surface area contributed by atoms with Crippen LogP contribution in [0.3, 0.4) is 0 Å². The van der Waals surface area contributed by atoms with Gasteiger partial charge in [-0.3, -0.25) is 0 Å².